The average molecular weight is 282 g/mol. The molecule has 2 N–H and O–H groups in total. The summed E-state index contributed by atoms with van der Waals surface area (Å²) in [7, 11) is 0. The highest BCUT2D eigenvalue weighted by Gasteiger charge is 2.12. The van der Waals surface area contributed by atoms with E-state index in [4.69, 9.17) is 0 Å². The third-order valence-electron chi connectivity index (χ3n) is 2.35. The van der Waals surface area contributed by atoms with Gasteiger partial charge in [-0.25, -0.2) is 0 Å². The minimum absolute atomic E-state index is 0.178. The molecule has 2 aromatic heterocycles. The zero-order valence-electron chi connectivity index (χ0n) is 10.2. The fourth-order valence-corrected chi connectivity index (χ4v) is 2.94. The summed E-state index contributed by atoms with van der Waals surface area (Å²) in [5.74, 6) is -0.178. The van der Waals surface area contributed by atoms with Crippen LogP contribution in [-0.2, 0) is 6.54 Å². The van der Waals surface area contributed by atoms with Crippen molar-refractivity contribution in [2.75, 3.05) is 11.9 Å². The molecule has 0 saturated carbocycles. The summed E-state index contributed by atoms with van der Waals surface area (Å²) in [5.41, 5.74) is 2.34. The lowest BCUT2D eigenvalue weighted by molar-refractivity contribution is 0.0950. The topological polar surface area (TPSA) is 66.9 Å². The van der Waals surface area contributed by atoms with Gasteiger partial charge in [-0.2, -0.15) is 11.3 Å². The molecule has 0 spiro atoms. The predicted octanol–water partition coefficient (Wildman–Crippen LogP) is 2.27. The Labute approximate surface area is 113 Å². The van der Waals surface area contributed by atoms with Crippen LogP contribution in [0.25, 0.3) is 0 Å². The predicted molar refractivity (Wildman–Crippen MR) is 74.3 cm³/mol. The van der Waals surface area contributed by atoms with Crippen molar-refractivity contribution in [1.82, 2.24) is 15.5 Å². The maximum atomic E-state index is 11.8. The Balaban J connectivity index is 1.93. The highest BCUT2D eigenvalue weighted by atomic mass is 32.1. The van der Waals surface area contributed by atoms with Gasteiger partial charge in [0, 0.05) is 13.1 Å². The highest BCUT2D eigenvalue weighted by molar-refractivity contribution is 7.17. The van der Waals surface area contributed by atoms with Gasteiger partial charge in [0.1, 0.15) is 0 Å². The third kappa shape index (κ3) is 3.05. The van der Waals surface area contributed by atoms with Crippen molar-refractivity contribution in [3.63, 3.8) is 0 Å². The molecule has 0 aliphatic heterocycles. The molecule has 1 amide bonds. The number of thiophene rings is 1. The van der Waals surface area contributed by atoms with Gasteiger partial charge in [0.05, 0.1) is 0 Å². The molecule has 7 heteroatoms. The van der Waals surface area contributed by atoms with E-state index >= 15 is 0 Å². The van der Waals surface area contributed by atoms with Crippen molar-refractivity contribution < 1.29 is 4.79 Å². The van der Waals surface area contributed by atoms with Crippen LogP contribution in [0.2, 0.25) is 0 Å². The highest BCUT2D eigenvalue weighted by Crippen LogP contribution is 2.16. The van der Waals surface area contributed by atoms with Crippen LogP contribution >= 0.6 is 22.7 Å². The fourth-order valence-electron chi connectivity index (χ4n) is 1.36. The van der Waals surface area contributed by atoms with Crippen molar-refractivity contribution in [3.8, 4) is 0 Å². The number of hydrogen-bond acceptors (Lipinski definition) is 6. The van der Waals surface area contributed by atoms with Gasteiger partial charge < -0.3 is 10.6 Å². The van der Waals surface area contributed by atoms with Gasteiger partial charge >= 0.3 is 0 Å². The normalized spacial score (nSPS) is 10.3. The second kappa shape index (κ2) is 5.92. The Bertz CT molecular complexity index is 535. The number of aromatic nitrogens is 2. The molecule has 0 saturated heterocycles. The van der Waals surface area contributed by atoms with Crippen LogP contribution < -0.4 is 10.6 Å². The van der Waals surface area contributed by atoms with E-state index < -0.39 is 0 Å². The number of aryl methyl sites for hydroxylation is 1. The summed E-state index contributed by atoms with van der Waals surface area (Å²) >= 11 is 2.90. The summed E-state index contributed by atoms with van der Waals surface area (Å²) in [6.07, 6.45) is 0. The summed E-state index contributed by atoms with van der Waals surface area (Å²) in [6.45, 7) is 5.31. The molecule has 0 aliphatic rings. The first kappa shape index (κ1) is 13.0. The molecule has 0 atom stereocenters. The lowest BCUT2D eigenvalue weighted by Crippen LogP contribution is -2.22. The Morgan fingerprint density at radius 2 is 2.22 bits per heavy atom. The summed E-state index contributed by atoms with van der Waals surface area (Å²) < 4.78 is 0. The minimum Gasteiger partial charge on any atom is -0.360 e. The van der Waals surface area contributed by atoms with Crippen LogP contribution in [0.3, 0.4) is 0 Å². The van der Waals surface area contributed by atoms with Crippen molar-refractivity contribution >= 4 is 33.7 Å². The first-order valence-corrected chi connectivity index (χ1v) is 7.34. The van der Waals surface area contributed by atoms with E-state index in [2.05, 4.69) is 26.2 Å². The minimum atomic E-state index is -0.178. The first-order valence-electron chi connectivity index (χ1n) is 5.58. The SMILES string of the molecule is CCNc1nnc(C(=O)NCc2cscc2C)s1. The van der Waals surface area contributed by atoms with Crippen molar-refractivity contribution in [2.24, 2.45) is 0 Å². The van der Waals surface area contributed by atoms with E-state index in [1.807, 2.05) is 19.2 Å². The van der Waals surface area contributed by atoms with E-state index in [1.54, 1.807) is 11.3 Å². The molecule has 0 aliphatic carbocycles. The molecule has 0 radical (unpaired) electrons. The number of carbonyl (C=O) groups is 1. The van der Waals surface area contributed by atoms with Crippen LogP contribution in [0, 0.1) is 6.92 Å². The summed E-state index contributed by atoms with van der Waals surface area (Å²) in [6, 6.07) is 0. The van der Waals surface area contributed by atoms with Crippen LogP contribution in [-0.4, -0.2) is 22.6 Å². The van der Waals surface area contributed by atoms with Crippen molar-refractivity contribution in [2.45, 2.75) is 20.4 Å². The monoisotopic (exact) mass is 282 g/mol. The zero-order valence-corrected chi connectivity index (χ0v) is 11.8. The number of anilines is 1. The lowest BCUT2D eigenvalue weighted by Gasteiger charge is -2.01. The van der Waals surface area contributed by atoms with Crippen molar-refractivity contribution in [1.29, 1.82) is 0 Å². The van der Waals surface area contributed by atoms with Gasteiger partial charge in [-0.3, -0.25) is 4.79 Å². The smallest absolute Gasteiger partial charge is 0.282 e. The Morgan fingerprint density at radius 1 is 1.39 bits per heavy atom. The fraction of sp³-hybridized carbons (Fsp3) is 0.364. The molecule has 0 aromatic carbocycles. The molecule has 0 bridgehead atoms. The van der Waals surface area contributed by atoms with Gasteiger partial charge in [0.2, 0.25) is 10.1 Å². The van der Waals surface area contributed by atoms with Crippen molar-refractivity contribution in [3.05, 3.63) is 26.9 Å². The van der Waals surface area contributed by atoms with E-state index in [9.17, 15) is 4.79 Å². The molecule has 18 heavy (non-hydrogen) atoms. The van der Waals surface area contributed by atoms with Crippen LogP contribution in [0.15, 0.2) is 10.8 Å². The first-order chi connectivity index (χ1) is 8.70. The largest absolute Gasteiger partial charge is 0.360 e. The molecular weight excluding hydrogens is 268 g/mol. The molecule has 2 rings (SSSR count). The number of nitrogens with zero attached hydrogens (tertiary/aromatic N) is 2. The summed E-state index contributed by atoms with van der Waals surface area (Å²) in [4.78, 5) is 11.8. The number of carbonyl (C=O) groups excluding carboxylic acids is 1. The van der Waals surface area contributed by atoms with Crippen LogP contribution in [0.1, 0.15) is 27.9 Å². The number of hydrogen-bond donors (Lipinski definition) is 2. The molecule has 0 fully saturated rings. The third-order valence-corrected chi connectivity index (χ3v) is 4.14. The van der Waals surface area contributed by atoms with Crippen LogP contribution in [0.5, 0.6) is 0 Å². The zero-order chi connectivity index (χ0) is 13.0. The van der Waals surface area contributed by atoms with E-state index in [1.165, 1.54) is 16.9 Å². The van der Waals surface area contributed by atoms with Gasteiger partial charge in [-0.15, -0.1) is 10.2 Å². The van der Waals surface area contributed by atoms with Gasteiger partial charge in [-0.05, 0) is 35.7 Å². The second-order valence-electron chi connectivity index (χ2n) is 3.71. The Hall–Kier alpha value is -1.47. The van der Waals surface area contributed by atoms with Gasteiger partial charge in [0.25, 0.3) is 5.91 Å². The molecule has 2 aromatic rings. The number of nitrogens with one attached hydrogen (secondary N) is 2. The summed E-state index contributed by atoms with van der Waals surface area (Å²) in [5, 5.41) is 18.8. The lowest BCUT2D eigenvalue weighted by atomic mass is 10.2. The van der Waals surface area contributed by atoms with E-state index in [0.717, 1.165) is 12.1 Å². The molecule has 5 nitrogen and oxygen atoms in total. The Morgan fingerprint density at radius 3 is 2.89 bits per heavy atom. The van der Waals surface area contributed by atoms with E-state index in [0.29, 0.717) is 16.7 Å². The second-order valence-corrected chi connectivity index (χ2v) is 5.43. The molecule has 0 unspecified atom stereocenters. The maximum absolute atomic E-state index is 11.8. The molecule has 96 valence electrons. The quantitative estimate of drug-likeness (QED) is 0.883. The van der Waals surface area contributed by atoms with Gasteiger partial charge in [-0.1, -0.05) is 11.3 Å². The average Bonchev–Trinajstić information content (AvgIpc) is 2.96. The standard InChI is InChI=1S/C11H14N4OS2/c1-3-12-11-15-14-10(18-11)9(16)13-4-8-6-17-5-7(8)2/h5-6H,3-4H2,1-2H3,(H,12,15)(H,13,16). The molecular formula is C11H14N4OS2. The van der Waals surface area contributed by atoms with E-state index in [-0.39, 0.29) is 5.91 Å². The molecule has 2 heterocycles. The number of amides is 1. The Kier molecular flexibility index (Phi) is 4.27. The maximum Gasteiger partial charge on any atom is 0.282 e. The van der Waals surface area contributed by atoms with Crippen LogP contribution in [0.4, 0.5) is 5.13 Å². The van der Waals surface area contributed by atoms with Gasteiger partial charge in [0.15, 0.2) is 0 Å². The number of rotatable bonds is 5.